The molecule has 1 aromatic carbocycles. The lowest BCUT2D eigenvalue weighted by Crippen LogP contribution is -2.50. The summed E-state index contributed by atoms with van der Waals surface area (Å²) in [5.74, 6) is 0.348. The first kappa shape index (κ1) is 15.5. The number of hydrogen-bond acceptors (Lipinski definition) is 2. The second-order valence-corrected chi connectivity index (χ2v) is 7.41. The minimum absolute atomic E-state index is 0.324. The Kier molecular flexibility index (Phi) is 4.27. The fourth-order valence-electron chi connectivity index (χ4n) is 3.13. The predicted octanol–water partition coefficient (Wildman–Crippen LogP) is 3.92. The van der Waals surface area contributed by atoms with E-state index in [4.69, 9.17) is 11.6 Å². The molecular weight excluding hydrogens is 270 g/mol. The van der Waals surface area contributed by atoms with Crippen LogP contribution in [0.4, 0.5) is 0 Å². The molecule has 0 spiro atoms. The first-order valence-electron chi connectivity index (χ1n) is 7.25. The summed E-state index contributed by atoms with van der Waals surface area (Å²) in [5, 5.41) is 0.722. The van der Waals surface area contributed by atoms with Crippen LogP contribution in [0.5, 0.6) is 0 Å². The molecule has 1 aliphatic rings. The van der Waals surface area contributed by atoms with E-state index in [1.54, 1.807) is 0 Å². The highest BCUT2D eigenvalue weighted by molar-refractivity contribution is 6.30. The average molecular weight is 294 g/mol. The van der Waals surface area contributed by atoms with Crippen molar-refractivity contribution in [3.05, 3.63) is 34.9 Å². The maximum atomic E-state index is 13.1. The molecule has 1 aliphatic heterocycles. The van der Waals surface area contributed by atoms with Gasteiger partial charge in [0.25, 0.3) is 0 Å². The number of nitrogens with zero attached hydrogens (tertiary/aromatic N) is 1. The fourth-order valence-corrected chi connectivity index (χ4v) is 3.26. The summed E-state index contributed by atoms with van der Waals surface area (Å²) in [7, 11) is 2.12. The molecule has 2 rings (SSSR count). The van der Waals surface area contributed by atoms with E-state index in [0.29, 0.717) is 5.78 Å². The van der Waals surface area contributed by atoms with Crippen LogP contribution in [0.25, 0.3) is 0 Å². The molecule has 1 heterocycles. The lowest BCUT2D eigenvalue weighted by Gasteiger charge is -2.43. The first-order valence-corrected chi connectivity index (χ1v) is 7.63. The molecule has 0 saturated carbocycles. The van der Waals surface area contributed by atoms with Crippen LogP contribution >= 0.6 is 11.6 Å². The van der Waals surface area contributed by atoms with E-state index in [2.05, 4.69) is 11.9 Å². The lowest BCUT2D eigenvalue weighted by atomic mass is 9.63. The molecule has 1 saturated heterocycles. The number of hydrogen-bond donors (Lipinski definition) is 0. The van der Waals surface area contributed by atoms with Gasteiger partial charge in [0.05, 0.1) is 5.41 Å². The van der Waals surface area contributed by atoms with Crippen molar-refractivity contribution in [3.63, 3.8) is 0 Å². The Bertz CT molecular complexity index is 479. The summed E-state index contributed by atoms with van der Waals surface area (Å²) in [6.45, 7) is 7.98. The number of Topliss-reactive ketones (excluding diaryl/α,β-unsaturated/α-hetero) is 1. The molecule has 0 amide bonds. The zero-order chi connectivity index (χ0) is 15.0. The molecule has 3 heteroatoms. The highest BCUT2D eigenvalue weighted by Crippen LogP contribution is 2.41. The third kappa shape index (κ3) is 2.91. The molecule has 0 unspecified atom stereocenters. The van der Waals surface area contributed by atoms with Gasteiger partial charge >= 0.3 is 0 Å². The zero-order valence-electron chi connectivity index (χ0n) is 12.9. The van der Waals surface area contributed by atoms with Gasteiger partial charge in [0.15, 0.2) is 0 Å². The quantitative estimate of drug-likeness (QED) is 0.824. The van der Waals surface area contributed by atoms with Crippen LogP contribution in [0.1, 0.15) is 39.2 Å². The maximum Gasteiger partial charge on any atom is 0.148 e. The summed E-state index contributed by atoms with van der Waals surface area (Å²) in [4.78, 5) is 15.4. The predicted molar refractivity (Wildman–Crippen MR) is 84.3 cm³/mol. The van der Waals surface area contributed by atoms with E-state index in [1.165, 1.54) is 0 Å². The second-order valence-electron chi connectivity index (χ2n) is 6.97. The van der Waals surface area contributed by atoms with Gasteiger partial charge in [-0.15, -0.1) is 0 Å². The van der Waals surface area contributed by atoms with Crippen molar-refractivity contribution in [2.45, 2.75) is 39.0 Å². The summed E-state index contributed by atoms with van der Waals surface area (Å²) < 4.78 is 0. The van der Waals surface area contributed by atoms with Crippen LogP contribution < -0.4 is 0 Å². The van der Waals surface area contributed by atoms with Crippen molar-refractivity contribution in [1.29, 1.82) is 0 Å². The molecule has 0 aromatic heterocycles. The van der Waals surface area contributed by atoms with E-state index in [0.717, 1.165) is 36.5 Å². The summed E-state index contributed by atoms with van der Waals surface area (Å²) in [5.41, 5.74) is 0.445. The average Bonchev–Trinajstić information content (AvgIpc) is 2.39. The molecule has 0 N–H and O–H groups in total. The Morgan fingerprint density at radius 2 is 1.65 bits per heavy atom. The smallest absolute Gasteiger partial charge is 0.148 e. The number of benzene rings is 1. The molecule has 0 bridgehead atoms. The summed E-state index contributed by atoms with van der Waals surface area (Å²) in [6.07, 6.45) is 1.78. The first-order chi connectivity index (χ1) is 9.25. The fraction of sp³-hybridized carbons (Fsp3) is 0.588. The Balaban J connectivity index is 2.44. The number of likely N-dealkylation sites (tertiary alicyclic amines) is 1. The molecule has 1 aromatic rings. The number of carbonyl (C=O) groups excluding carboxylic acids is 1. The Hall–Kier alpha value is -0.860. The highest BCUT2D eigenvalue weighted by atomic mass is 35.5. The number of carbonyl (C=O) groups is 1. The van der Waals surface area contributed by atoms with Crippen LogP contribution in [0, 0.1) is 5.41 Å². The number of rotatable bonds is 2. The van der Waals surface area contributed by atoms with Gasteiger partial charge in [-0.3, -0.25) is 4.79 Å². The molecular formula is C17H24ClNO. The molecule has 20 heavy (non-hydrogen) atoms. The zero-order valence-corrected chi connectivity index (χ0v) is 13.6. The molecule has 0 atom stereocenters. The molecule has 110 valence electrons. The minimum Gasteiger partial charge on any atom is -0.306 e. The van der Waals surface area contributed by atoms with Gasteiger partial charge in [-0.2, -0.15) is 0 Å². The Labute approximate surface area is 127 Å². The third-order valence-corrected chi connectivity index (χ3v) is 4.61. The van der Waals surface area contributed by atoms with E-state index < -0.39 is 0 Å². The van der Waals surface area contributed by atoms with Crippen molar-refractivity contribution >= 4 is 17.4 Å². The van der Waals surface area contributed by atoms with Gasteiger partial charge in [0, 0.05) is 10.4 Å². The van der Waals surface area contributed by atoms with Gasteiger partial charge in [0.1, 0.15) is 5.78 Å². The lowest BCUT2D eigenvalue weighted by molar-refractivity contribution is -0.134. The van der Waals surface area contributed by atoms with Crippen molar-refractivity contribution < 1.29 is 4.79 Å². The highest BCUT2D eigenvalue weighted by Gasteiger charge is 2.46. The maximum absolute atomic E-state index is 13.1. The Morgan fingerprint density at radius 3 is 2.10 bits per heavy atom. The third-order valence-electron chi connectivity index (χ3n) is 4.35. The normalized spacial score (nSPS) is 19.9. The van der Waals surface area contributed by atoms with Gasteiger partial charge in [-0.25, -0.2) is 0 Å². The van der Waals surface area contributed by atoms with E-state index in [1.807, 2.05) is 45.0 Å². The van der Waals surface area contributed by atoms with Crippen LogP contribution in [-0.2, 0) is 10.2 Å². The Morgan fingerprint density at radius 1 is 1.15 bits per heavy atom. The topological polar surface area (TPSA) is 20.3 Å². The SMILES string of the molecule is CN1CCC(C(=O)C(C)(C)C)(c2ccc(Cl)cc2)CC1. The van der Waals surface area contributed by atoms with E-state index in [9.17, 15) is 4.79 Å². The van der Waals surface area contributed by atoms with Gasteiger partial charge in [-0.1, -0.05) is 44.5 Å². The number of ketones is 1. The van der Waals surface area contributed by atoms with Crippen molar-refractivity contribution in [3.8, 4) is 0 Å². The number of halogens is 1. The molecule has 0 aliphatic carbocycles. The number of piperidine rings is 1. The minimum atomic E-state index is -0.352. The van der Waals surface area contributed by atoms with Gasteiger partial charge in [-0.05, 0) is 50.7 Å². The van der Waals surface area contributed by atoms with Crippen molar-refractivity contribution in [1.82, 2.24) is 4.90 Å². The van der Waals surface area contributed by atoms with Crippen LogP contribution in [0.2, 0.25) is 5.02 Å². The van der Waals surface area contributed by atoms with E-state index >= 15 is 0 Å². The summed E-state index contributed by atoms with van der Waals surface area (Å²) in [6, 6.07) is 7.84. The van der Waals surface area contributed by atoms with Crippen LogP contribution in [-0.4, -0.2) is 30.8 Å². The molecule has 0 radical (unpaired) electrons. The van der Waals surface area contributed by atoms with Crippen LogP contribution in [0.15, 0.2) is 24.3 Å². The van der Waals surface area contributed by atoms with Crippen molar-refractivity contribution in [2.24, 2.45) is 5.41 Å². The van der Waals surface area contributed by atoms with Crippen LogP contribution in [0.3, 0.4) is 0 Å². The second kappa shape index (κ2) is 5.50. The largest absolute Gasteiger partial charge is 0.306 e. The molecule has 1 fully saturated rings. The summed E-state index contributed by atoms with van der Waals surface area (Å²) >= 11 is 6.00. The molecule has 2 nitrogen and oxygen atoms in total. The van der Waals surface area contributed by atoms with Crippen molar-refractivity contribution in [2.75, 3.05) is 20.1 Å². The van der Waals surface area contributed by atoms with E-state index in [-0.39, 0.29) is 10.8 Å². The van der Waals surface area contributed by atoms with Gasteiger partial charge < -0.3 is 4.90 Å². The monoisotopic (exact) mass is 293 g/mol. The van der Waals surface area contributed by atoms with Gasteiger partial charge in [0.2, 0.25) is 0 Å². The standard InChI is InChI=1S/C17H24ClNO/c1-16(2,3)15(20)17(9-11-19(4)12-10-17)13-5-7-14(18)8-6-13/h5-8H,9-12H2,1-4H3.